The van der Waals surface area contributed by atoms with E-state index in [2.05, 4.69) is 15.9 Å². The summed E-state index contributed by atoms with van der Waals surface area (Å²) < 4.78 is 32.7. The van der Waals surface area contributed by atoms with Crippen LogP contribution in [0.3, 0.4) is 0 Å². The molecule has 2 aromatic carbocycles. The van der Waals surface area contributed by atoms with Gasteiger partial charge < -0.3 is 10.5 Å². The Bertz CT molecular complexity index is 649. The second kappa shape index (κ2) is 5.63. The second-order valence-corrected chi connectivity index (χ2v) is 5.01. The summed E-state index contributed by atoms with van der Waals surface area (Å²) in [5.41, 5.74) is 6.00. The van der Waals surface area contributed by atoms with E-state index in [4.69, 9.17) is 22.7 Å². The minimum Gasteiger partial charge on any atom is -0.453 e. The van der Waals surface area contributed by atoms with E-state index in [-0.39, 0.29) is 16.5 Å². The smallest absolute Gasteiger partial charge is 0.201 e. The first-order valence-corrected chi connectivity index (χ1v) is 6.40. The van der Waals surface area contributed by atoms with Gasteiger partial charge in [-0.15, -0.1) is 0 Å². The SMILES string of the molecule is NC(=S)c1ccc(Br)cc1Oc1cccc(F)c1F. The zero-order chi connectivity index (χ0) is 14.0. The van der Waals surface area contributed by atoms with E-state index in [1.807, 2.05) is 0 Å². The zero-order valence-electron chi connectivity index (χ0n) is 9.49. The lowest BCUT2D eigenvalue weighted by Crippen LogP contribution is -2.10. The van der Waals surface area contributed by atoms with Crippen LogP contribution in [0, 0.1) is 11.6 Å². The van der Waals surface area contributed by atoms with Gasteiger partial charge in [0.2, 0.25) is 5.82 Å². The summed E-state index contributed by atoms with van der Waals surface area (Å²) in [6.45, 7) is 0. The van der Waals surface area contributed by atoms with Crippen LogP contribution >= 0.6 is 28.1 Å². The number of halogens is 3. The lowest BCUT2D eigenvalue weighted by Gasteiger charge is -2.11. The average Bonchev–Trinajstić information content (AvgIpc) is 2.35. The van der Waals surface area contributed by atoms with E-state index in [0.717, 1.165) is 6.07 Å². The number of benzene rings is 2. The summed E-state index contributed by atoms with van der Waals surface area (Å²) in [6, 6.07) is 8.63. The maximum absolute atomic E-state index is 13.5. The Morgan fingerprint density at radius 3 is 2.58 bits per heavy atom. The molecule has 0 bridgehead atoms. The van der Waals surface area contributed by atoms with E-state index in [9.17, 15) is 8.78 Å². The molecule has 0 unspecified atom stereocenters. The Morgan fingerprint density at radius 2 is 1.89 bits per heavy atom. The van der Waals surface area contributed by atoms with Gasteiger partial charge in [-0.05, 0) is 30.3 Å². The summed E-state index contributed by atoms with van der Waals surface area (Å²) in [6.07, 6.45) is 0. The van der Waals surface area contributed by atoms with Crippen LogP contribution < -0.4 is 10.5 Å². The summed E-state index contributed by atoms with van der Waals surface area (Å²) in [5.74, 6) is -2.01. The highest BCUT2D eigenvalue weighted by Gasteiger charge is 2.13. The van der Waals surface area contributed by atoms with Crippen molar-refractivity contribution in [2.75, 3.05) is 0 Å². The molecule has 2 nitrogen and oxygen atoms in total. The molecular weight excluding hydrogens is 336 g/mol. The van der Waals surface area contributed by atoms with Gasteiger partial charge in [-0.25, -0.2) is 4.39 Å². The van der Waals surface area contributed by atoms with Gasteiger partial charge in [0.25, 0.3) is 0 Å². The van der Waals surface area contributed by atoms with E-state index in [0.29, 0.717) is 10.0 Å². The van der Waals surface area contributed by atoms with Gasteiger partial charge in [0.1, 0.15) is 10.7 Å². The number of ether oxygens (including phenoxy) is 1. The lowest BCUT2D eigenvalue weighted by molar-refractivity contribution is 0.415. The van der Waals surface area contributed by atoms with Crippen molar-refractivity contribution in [1.29, 1.82) is 0 Å². The van der Waals surface area contributed by atoms with Crippen molar-refractivity contribution in [2.45, 2.75) is 0 Å². The minimum atomic E-state index is -1.06. The standard InChI is InChI=1S/C13H8BrF2NOS/c14-7-4-5-8(13(17)19)11(6-7)18-10-3-1-2-9(15)12(10)16/h1-6H,(H2,17,19). The maximum atomic E-state index is 13.5. The monoisotopic (exact) mass is 343 g/mol. The molecule has 0 fully saturated rings. The fourth-order valence-electron chi connectivity index (χ4n) is 1.47. The van der Waals surface area contributed by atoms with Crippen LogP contribution in [0.1, 0.15) is 5.56 Å². The molecule has 6 heteroatoms. The molecule has 2 rings (SSSR count). The Balaban J connectivity index is 2.45. The summed E-state index contributed by atoms with van der Waals surface area (Å²) in [7, 11) is 0. The minimum absolute atomic E-state index is 0.110. The fraction of sp³-hybridized carbons (Fsp3) is 0. The maximum Gasteiger partial charge on any atom is 0.201 e. The molecule has 2 aromatic rings. The van der Waals surface area contributed by atoms with Crippen molar-refractivity contribution in [3.05, 3.63) is 58.1 Å². The van der Waals surface area contributed by atoms with Crippen LogP contribution in [0.15, 0.2) is 40.9 Å². The molecule has 0 saturated heterocycles. The quantitative estimate of drug-likeness (QED) is 0.850. The van der Waals surface area contributed by atoms with Crippen molar-refractivity contribution < 1.29 is 13.5 Å². The predicted molar refractivity (Wildman–Crippen MR) is 76.5 cm³/mol. The first-order valence-electron chi connectivity index (χ1n) is 5.20. The molecule has 0 aromatic heterocycles. The third kappa shape index (κ3) is 3.08. The second-order valence-electron chi connectivity index (χ2n) is 3.66. The lowest BCUT2D eigenvalue weighted by atomic mass is 10.2. The molecule has 2 N–H and O–H groups in total. The largest absolute Gasteiger partial charge is 0.453 e. The van der Waals surface area contributed by atoms with Crippen LogP contribution in [0.25, 0.3) is 0 Å². The topological polar surface area (TPSA) is 35.2 Å². The Morgan fingerprint density at radius 1 is 1.16 bits per heavy atom. The highest BCUT2D eigenvalue weighted by atomic mass is 79.9. The van der Waals surface area contributed by atoms with Crippen LogP contribution in [0.4, 0.5) is 8.78 Å². The van der Waals surface area contributed by atoms with Gasteiger partial charge in [-0.3, -0.25) is 0 Å². The van der Waals surface area contributed by atoms with E-state index < -0.39 is 11.6 Å². The molecule has 0 amide bonds. The Kier molecular flexibility index (Phi) is 4.11. The molecule has 0 aliphatic heterocycles. The molecule has 0 radical (unpaired) electrons. The summed E-state index contributed by atoms with van der Waals surface area (Å²) >= 11 is 8.14. The molecule has 0 aliphatic rings. The number of hydrogen-bond donors (Lipinski definition) is 1. The third-order valence-electron chi connectivity index (χ3n) is 2.35. The van der Waals surface area contributed by atoms with Gasteiger partial charge in [0.15, 0.2) is 11.6 Å². The first-order chi connectivity index (χ1) is 8.99. The normalized spacial score (nSPS) is 10.3. The number of rotatable bonds is 3. The Hall–Kier alpha value is -1.53. The van der Waals surface area contributed by atoms with Crippen LogP contribution in [-0.4, -0.2) is 4.99 Å². The van der Waals surface area contributed by atoms with Crippen LogP contribution in [0.5, 0.6) is 11.5 Å². The van der Waals surface area contributed by atoms with Gasteiger partial charge in [0.05, 0.1) is 5.56 Å². The van der Waals surface area contributed by atoms with Crippen molar-refractivity contribution in [3.8, 4) is 11.5 Å². The molecule has 98 valence electrons. The molecule has 0 saturated carbocycles. The van der Waals surface area contributed by atoms with Crippen molar-refractivity contribution >= 4 is 33.1 Å². The molecular formula is C13H8BrF2NOS. The van der Waals surface area contributed by atoms with E-state index in [1.165, 1.54) is 12.1 Å². The number of thiocarbonyl (C=S) groups is 1. The van der Waals surface area contributed by atoms with Crippen molar-refractivity contribution in [2.24, 2.45) is 5.73 Å². The molecule has 0 aliphatic carbocycles. The van der Waals surface area contributed by atoms with E-state index in [1.54, 1.807) is 18.2 Å². The van der Waals surface area contributed by atoms with Gasteiger partial charge >= 0.3 is 0 Å². The number of nitrogens with two attached hydrogens (primary N) is 1. The van der Waals surface area contributed by atoms with Crippen molar-refractivity contribution in [1.82, 2.24) is 0 Å². The van der Waals surface area contributed by atoms with E-state index >= 15 is 0 Å². The summed E-state index contributed by atoms with van der Waals surface area (Å²) in [5, 5.41) is 0. The predicted octanol–water partition coefficient (Wildman–Crippen LogP) is 4.15. The zero-order valence-corrected chi connectivity index (χ0v) is 11.9. The van der Waals surface area contributed by atoms with Crippen LogP contribution in [-0.2, 0) is 0 Å². The molecule has 0 atom stereocenters. The van der Waals surface area contributed by atoms with Gasteiger partial charge in [0, 0.05) is 4.47 Å². The highest BCUT2D eigenvalue weighted by molar-refractivity contribution is 9.10. The van der Waals surface area contributed by atoms with Crippen molar-refractivity contribution in [3.63, 3.8) is 0 Å². The third-order valence-corrected chi connectivity index (χ3v) is 3.06. The number of hydrogen-bond acceptors (Lipinski definition) is 2. The average molecular weight is 344 g/mol. The highest BCUT2D eigenvalue weighted by Crippen LogP contribution is 2.30. The molecule has 19 heavy (non-hydrogen) atoms. The first kappa shape index (κ1) is 13.9. The molecule has 0 spiro atoms. The summed E-state index contributed by atoms with van der Waals surface area (Å²) in [4.78, 5) is 0.110. The van der Waals surface area contributed by atoms with Gasteiger partial charge in [-0.2, -0.15) is 4.39 Å². The fourth-order valence-corrected chi connectivity index (χ4v) is 1.97. The van der Waals surface area contributed by atoms with Crippen LogP contribution in [0.2, 0.25) is 0 Å². The van der Waals surface area contributed by atoms with Gasteiger partial charge in [-0.1, -0.05) is 34.2 Å². The Labute approximate surface area is 122 Å². The molecule has 0 heterocycles.